The van der Waals surface area contributed by atoms with Crippen LogP contribution in [0.1, 0.15) is 12.8 Å². The Hall–Kier alpha value is -1.31. The number of amides is 1. The van der Waals surface area contributed by atoms with E-state index in [2.05, 4.69) is 0 Å². The number of hydrogen-bond acceptors (Lipinski definition) is 5. The Labute approximate surface area is 98.3 Å². The second kappa shape index (κ2) is 3.86. The van der Waals surface area contributed by atoms with Crippen LogP contribution < -0.4 is 0 Å². The second-order valence-corrected chi connectivity index (χ2v) is 6.64. The number of hydrogen-bond donors (Lipinski definition) is 1. The number of nitrogens with zero attached hydrogens (tertiary/aromatic N) is 1. The highest BCUT2D eigenvalue weighted by Gasteiger charge is 2.48. The van der Waals surface area contributed by atoms with Crippen molar-refractivity contribution in [2.45, 2.75) is 18.4 Å². The summed E-state index contributed by atoms with van der Waals surface area (Å²) in [7, 11) is -3.13. The number of ether oxygens (including phenoxy) is 1. The van der Waals surface area contributed by atoms with Crippen LogP contribution in [-0.4, -0.2) is 60.7 Å². The molecule has 0 aromatic heterocycles. The Morgan fingerprint density at radius 1 is 1.47 bits per heavy atom. The predicted molar refractivity (Wildman–Crippen MR) is 56.3 cm³/mol. The van der Waals surface area contributed by atoms with Crippen LogP contribution in [-0.2, 0) is 19.4 Å². The van der Waals surface area contributed by atoms with Gasteiger partial charge in [-0.05, 0) is 0 Å². The summed E-state index contributed by atoms with van der Waals surface area (Å²) in [5.74, 6) is -1.23. The Morgan fingerprint density at radius 2 is 2.18 bits per heavy atom. The zero-order valence-corrected chi connectivity index (χ0v) is 9.90. The summed E-state index contributed by atoms with van der Waals surface area (Å²) in [5, 5.41) is 8.58. The van der Waals surface area contributed by atoms with Crippen LogP contribution in [0, 0.1) is 0 Å². The fourth-order valence-electron chi connectivity index (χ4n) is 2.20. The van der Waals surface area contributed by atoms with E-state index in [4.69, 9.17) is 9.84 Å². The van der Waals surface area contributed by atoms with Gasteiger partial charge in [0.05, 0.1) is 11.5 Å². The molecule has 2 heterocycles. The molecule has 0 saturated carbocycles. The number of carboxylic acids is 1. The van der Waals surface area contributed by atoms with E-state index < -0.39 is 34.0 Å². The average molecular weight is 263 g/mol. The summed E-state index contributed by atoms with van der Waals surface area (Å²) >= 11 is 0. The summed E-state index contributed by atoms with van der Waals surface area (Å²) in [4.78, 5) is 23.1. The normalized spacial score (nSPS) is 31.5. The molecule has 17 heavy (non-hydrogen) atoms. The summed E-state index contributed by atoms with van der Waals surface area (Å²) < 4.78 is 27.9. The first-order valence-corrected chi connectivity index (χ1v) is 7.04. The lowest BCUT2D eigenvalue weighted by molar-refractivity contribution is -0.139. The molecule has 1 unspecified atom stereocenters. The summed E-state index contributed by atoms with van der Waals surface area (Å²) in [6, 6.07) is 0. The van der Waals surface area contributed by atoms with Crippen molar-refractivity contribution in [1.29, 1.82) is 0 Å². The minimum absolute atomic E-state index is 0.0270. The van der Waals surface area contributed by atoms with Gasteiger partial charge >= 0.3 is 12.1 Å². The smallest absolute Gasteiger partial charge is 0.410 e. The first kappa shape index (κ1) is 12.2. The first-order chi connectivity index (χ1) is 7.82. The quantitative estimate of drug-likeness (QED) is 0.718. The van der Waals surface area contributed by atoms with Crippen molar-refractivity contribution in [3.05, 3.63) is 0 Å². The molecule has 0 aliphatic carbocycles. The fraction of sp³-hybridized carbons (Fsp3) is 0.778. The molecular weight excluding hydrogens is 250 g/mol. The van der Waals surface area contributed by atoms with Crippen molar-refractivity contribution < 1.29 is 27.9 Å². The molecule has 0 aromatic carbocycles. The molecule has 7 nitrogen and oxygen atoms in total. The van der Waals surface area contributed by atoms with E-state index in [1.807, 2.05) is 0 Å². The standard InChI is InChI=1S/C9H13NO6S/c11-7(12)5-10-3-1-9(16-8(10)13)2-4-17(14,15)6-9/h1-6H2,(H,11,12). The molecule has 2 aliphatic heterocycles. The molecule has 96 valence electrons. The average Bonchev–Trinajstić information content (AvgIpc) is 2.47. The van der Waals surface area contributed by atoms with Gasteiger partial charge in [-0.15, -0.1) is 0 Å². The molecule has 1 N–H and O–H groups in total. The molecule has 2 fully saturated rings. The lowest BCUT2D eigenvalue weighted by atomic mass is 9.97. The van der Waals surface area contributed by atoms with Crippen molar-refractivity contribution in [2.24, 2.45) is 0 Å². The van der Waals surface area contributed by atoms with Crippen molar-refractivity contribution in [1.82, 2.24) is 4.90 Å². The van der Waals surface area contributed by atoms with Crippen LogP contribution >= 0.6 is 0 Å². The number of carbonyl (C=O) groups is 2. The van der Waals surface area contributed by atoms with Crippen LogP contribution in [0.15, 0.2) is 0 Å². The minimum Gasteiger partial charge on any atom is -0.480 e. The lowest BCUT2D eigenvalue weighted by Gasteiger charge is -2.37. The van der Waals surface area contributed by atoms with Gasteiger partial charge in [0.2, 0.25) is 0 Å². The predicted octanol–water partition coefficient (Wildman–Crippen LogP) is -0.529. The van der Waals surface area contributed by atoms with Gasteiger partial charge in [0.15, 0.2) is 9.84 Å². The third-order valence-electron chi connectivity index (χ3n) is 3.08. The molecule has 0 bridgehead atoms. The van der Waals surface area contributed by atoms with Gasteiger partial charge in [-0.3, -0.25) is 9.69 Å². The highest BCUT2D eigenvalue weighted by atomic mass is 32.2. The maximum atomic E-state index is 11.5. The molecule has 2 aliphatic rings. The minimum atomic E-state index is -3.13. The van der Waals surface area contributed by atoms with Gasteiger partial charge < -0.3 is 9.84 Å². The maximum Gasteiger partial charge on any atom is 0.410 e. The van der Waals surface area contributed by atoms with Gasteiger partial charge in [-0.1, -0.05) is 0 Å². The lowest BCUT2D eigenvalue weighted by Crippen LogP contribution is -2.51. The fourth-order valence-corrected chi connectivity index (χ4v) is 4.18. The Kier molecular flexibility index (Phi) is 2.76. The molecule has 2 saturated heterocycles. The van der Waals surface area contributed by atoms with Crippen molar-refractivity contribution in [2.75, 3.05) is 24.6 Å². The van der Waals surface area contributed by atoms with E-state index in [9.17, 15) is 18.0 Å². The molecule has 1 amide bonds. The van der Waals surface area contributed by atoms with Crippen molar-refractivity contribution >= 4 is 21.9 Å². The van der Waals surface area contributed by atoms with E-state index in [1.165, 1.54) is 0 Å². The highest BCUT2D eigenvalue weighted by molar-refractivity contribution is 7.91. The molecule has 1 atom stereocenters. The van der Waals surface area contributed by atoms with Crippen LogP contribution in [0.5, 0.6) is 0 Å². The number of aliphatic carboxylic acids is 1. The van der Waals surface area contributed by atoms with Gasteiger partial charge in [-0.2, -0.15) is 0 Å². The van der Waals surface area contributed by atoms with E-state index in [0.717, 1.165) is 4.90 Å². The zero-order chi connectivity index (χ0) is 12.7. The van der Waals surface area contributed by atoms with E-state index >= 15 is 0 Å². The van der Waals surface area contributed by atoms with Crippen molar-refractivity contribution in [3.8, 4) is 0 Å². The van der Waals surface area contributed by atoms with E-state index in [0.29, 0.717) is 12.8 Å². The van der Waals surface area contributed by atoms with Gasteiger partial charge in [0, 0.05) is 19.4 Å². The van der Waals surface area contributed by atoms with Crippen LogP contribution in [0.3, 0.4) is 0 Å². The highest BCUT2D eigenvalue weighted by Crippen LogP contribution is 2.34. The number of rotatable bonds is 2. The summed E-state index contributed by atoms with van der Waals surface area (Å²) in [5.41, 5.74) is -0.926. The molecule has 8 heteroatoms. The van der Waals surface area contributed by atoms with E-state index in [1.54, 1.807) is 0 Å². The van der Waals surface area contributed by atoms with Crippen LogP contribution in [0.2, 0.25) is 0 Å². The van der Waals surface area contributed by atoms with Gasteiger partial charge in [-0.25, -0.2) is 13.2 Å². The van der Waals surface area contributed by atoms with Crippen LogP contribution in [0.4, 0.5) is 4.79 Å². The Bertz CT molecular complexity index is 458. The molecule has 2 rings (SSSR count). The summed E-state index contributed by atoms with van der Waals surface area (Å²) in [6.45, 7) is -0.192. The third-order valence-corrected chi connectivity index (χ3v) is 4.87. The van der Waals surface area contributed by atoms with Gasteiger partial charge in [0.1, 0.15) is 12.1 Å². The topological polar surface area (TPSA) is 101 Å². The largest absolute Gasteiger partial charge is 0.480 e. The van der Waals surface area contributed by atoms with Gasteiger partial charge in [0.25, 0.3) is 0 Å². The Balaban J connectivity index is 2.05. The number of carbonyl (C=O) groups excluding carboxylic acids is 1. The molecular formula is C9H13NO6S. The molecule has 1 spiro atoms. The summed E-state index contributed by atoms with van der Waals surface area (Å²) in [6.07, 6.45) is -0.0662. The van der Waals surface area contributed by atoms with E-state index in [-0.39, 0.29) is 18.1 Å². The maximum absolute atomic E-state index is 11.5. The Morgan fingerprint density at radius 3 is 2.65 bits per heavy atom. The second-order valence-electron chi connectivity index (χ2n) is 4.46. The molecule has 0 aromatic rings. The number of carboxylic acid groups (broad SMARTS) is 1. The number of sulfone groups is 1. The molecule has 0 radical (unpaired) electrons. The van der Waals surface area contributed by atoms with Crippen molar-refractivity contribution in [3.63, 3.8) is 0 Å². The monoisotopic (exact) mass is 263 g/mol. The SMILES string of the molecule is O=C(O)CN1CCC2(CCS(=O)(=O)C2)OC1=O. The zero-order valence-electron chi connectivity index (χ0n) is 9.09. The third kappa shape index (κ3) is 2.51. The van der Waals surface area contributed by atoms with Crippen LogP contribution in [0.25, 0.3) is 0 Å². The first-order valence-electron chi connectivity index (χ1n) is 5.22.